The highest BCUT2D eigenvalue weighted by Gasteiger charge is 2.31. The summed E-state index contributed by atoms with van der Waals surface area (Å²) in [4.78, 5) is 2.31. The molecular weight excluding hydrogens is 202 g/mol. The predicted octanol–water partition coefficient (Wildman–Crippen LogP) is 2.72. The molecule has 1 atom stereocenters. The van der Waals surface area contributed by atoms with Crippen LogP contribution in [0.3, 0.4) is 0 Å². The Morgan fingerprint density at radius 2 is 2.12 bits per heavy atom. The topological polar surface area (TPSA) is 42.2 Å². The smallest absolute Gasteiger partial charge is 0.318 e. The van der Waals surface area contributed by atoms with Crippen molar-refractivity contribution in [1.29, 1.82) is 0 Å². The minimum atomic E-state index is 0.561. The normalized spacial score (nSPS) is 26.1. The van der Waals surface area contributed by atoms with E-state index < -0.39 is 0 Å². The van der Waals surface area contributed by atoms with Gasteiger partial charge in [0.2, 0.25) is 5.89 Å². The Bertz CT molecular complexity index is 359. The van der Waals surface area contributed by atoms with Gasteiger partial charge in [0.25, 0.3) is 0 Å². The van der Waals surface area contributed by atoms with Crippen LogP contribution in [0.4, 0.5) is 6.01 Å². The Hall–Kier alpha value is -1.06. The lowest BCUT2D eigenvalue weighted by atomic mass is 10.0. The molecule has 2 fully saturated rings. The summed E-state index contributed by atoms with van der Waals surface area (Å²) < 4.78 is 5.78. The van der Waals surface area contributed by atoms with Gasteiger partial charge in [0.05, 0.1) is 0 Å². The first-order chi connectivity index (χ1) is 7.88. The van der Waals surface area contributed by atoms with Crippen molar-refractivity contribution in [3.05, 3.63) is 5.89 Å². The Morgan fingerprint density at radius 1 is 1.25 bits per heavy atom. The van der Waals surface area contributed by atoms with Crippen LogP contribution in [0.25, 0.3) is 0 Å². The molecule has 16 heavy (non-hydrogen) atoms. The molecule has 0 N–H and O–H groups in total. The van der Waals surface area contributed by atoms with Gasteiger partial charge in [0.15, 0.2) is 0 Å². The number of rotatable bonds is 3. The van der Waals surface area contributed by atoms with E-state index in [2.05, 4.69) is 22.0 Å². The molecule has 0 aromatic carbocycles. The molecule has 0 bridgehead atoms. The number of nitrogens with zero attached hydrogens (tertiary/aromatic N) is 3. The van der Waals surface area contributed by atoms with E-state index in [1.807, 2.05) is 0 Å². The van der Waals surface area contributed by atoms with Gasteiger partial charge in [0.1, 0.15) is 0 Å². The van der Waals surface area contributed by atoms with Gasteiger partial charge >= 0.3 is 6.01 Å². The molecule has 2 aliphatic rings. The van der Waals surface area contributed by atoms with Crippen LogP contribution in [0, 0.1) is 0 Å². The zero-order valence-electron chi connectivity index (χ0n) is 9.85. The molecule has 0 radical (unpaired) electrons. The van der Waals surface area contributed by atoms with Gasteiger partial charge in [-0.15, -0.1) is 5.10 Å². The molecule has 1 saturated carbocycles. The van der Waals surface area contributed by atoms with Gasteiger partial charge in [-0.25, -0.2) is 0 Å². The number of piperidine rings is 1. The van der Waals surface area contributed by atoms with Crippen LogP contribution < -0.4 is 4.90 Å². The van der Waals surface area contributed by atoms with E-state index in [0.29, 0.717) is 12.0 Å². The average Bonchev–Trinajstić information content (AvgIpc) is 3.07. The van der Waals surface area contributed by atoms with E-state index in [-0.39, 0.29) is 0 Å². The summed E-state index contributed by atoms with van der Waals surface area (Å²) >= 11 is 0. The highest BCUT2D eigenvalue weighted by Crippen LogP contribution is 2.40. The van der Waals surface area contributed by atoms with Gasteiger partial charge in [-0.2, -0.15) is 0 Å². The van der Waals surface area contributed by atoms with Crippen LogP contribution in [0.15, 0.2) is 4.42 Å². The van der Waals surface area contributed by atoms with Crippen molar-refractivity contribution in [3.8, 4) is 0 Å². The lowest BCUT2D eigenvalue weighted by molar-refractivity contribution is 0.400. The van der Waals surface area contributed by atoms with Crippen molar-refractivity contribution in [2.75, 3.05) is 11.4 Å². The van der Waals surface area contributed by atoms with Crippen molar-refractivity contribution in [1.82, 2.24) is 10.2 Å². The monoisotopic (exact) mass is 221 g/mol. The van der Waals surface area contributed by atoms with Gasteiger partial charge in [-0.05, 0) is 38.5 Å². The Balaban J connectivity index is 1.77. The first-order valence-corrected chi connectivity index (χ1v) is 6.48. The molecule has 3 rings (SSSR count). The summed E-state index contributed by atoms with van der Waals surface area (Å²) in [7, 11) is 0. The third-order valence-electron chi connectivity index (χ3n) is 3.70. The molecule has 0 amide bonds. The van der Waals surface area contributed by atoms with Crippen LogP contribution in [0.2, 0.25) is 0 Å². The van der Waals surface area contributed by atoms with Crippen molar-refractivity contribution >= 4 is 6.01 Å². The highest BCUT2D eigenvalue weighted by molar-refractivity contribution is 5.28. The van der Waals surface area contributed by atoms with E-state index in [9.17, 15) is 0 Å². The number of anilines is 1. The first kappa shape index (κ1) is 10.1. The third-order valence-corrected chi connectivity index (χ3v) is 3.70. The van der Waals surface area contributed by atoms with Crippen LogP contribution in [0.5, 0.6) is 0 Å². The molecule has 0 spiro atoms. The maximum absolute atomic E-state index is 5.78. The van der Waals surface area contributed by atoms with Gasteiger partial charge < -0.3 is 9.32 Å². The molecule has 1 aliphatic heterocycles. The fourth-order valence-corrected chi connectivity index (χ4v) is 2.51. The highest BCUT2D eigenvalue weighted by atomic mass is 16.4. The van der Waals surface area contributed by atoms with Crippen LogP contribution >= 0.6 is 0 Å². The molecule has 88 valence electrons. The summed E-state index contributed by atoms with van der Waals surface area (Å²) in [6, 6.07) is 1.36. The zero-order chi connectivity index (χ0) is 11.0. The van der Waals surface area contributed by atoms with E-state index in [1.54, 1.807) is 0 Å². The second kappa shape index (κ2) is 4.07. The molecule has 1 aliphatic carbocycles. The summed E-state index contributed by atoms with van der Waals surface area (Å²) in [6.45, 7) is 3.31. The van der Waals surface area contributed by atoms with E-state index in [1.165, 1.54) is 38.5 Å². The van der Waals surface area contributed by atoms with E-state index in [0.717, 1.165) is 18.5 Å². The summed E-state index contributed by atoms with van der Waals surface area (Å²) in [5, 5.41) is 8.37. The fourth-order valence-electron chi connectivity index (χ4n) is 2.51. The third kappa shape index (κ3) is 1.81. The maximum Gasteiger partial charge on any atom is 0.318 e. The predicted molar refractivity (Wildman–Crippen MR) is 61.5 cm³/mol. The van der Waals surface area contributed by atoms with Crippen LogP contribution in [-0.2, 0) is 0 Å². The van der Waals surface area contributed by atoms with Crippen molar-refractivity contribution in [2.45, 2.75) is 57.4 Å². The Morgan fingerprint density at radius 3 is 2.88 bits per heavy atom. The summed E-state index contributed by atoms with van der Waals surface area (Å²) in [5.74, 6) is 1.42. The molecule has 1 saturated heterocycles. The lowest BCUT2D eigenvalue weighted by Gasteiger charge is -2.33. The average molecular weight is 221 g/mol. The lowest BCUT2D eigenvalue weighted by Crippen LogP contribution is -2.39. The van der Waals surface area contributed by atoms with E-state index in [4.69, 9.17) is 4.42 Å². The second-order valence-corrected chi connectivity index (χ2v) is 4.95. The standard InChI is InChI=1S/C12H19N3O/c1-2-10-5-3-4-8-15(10)12-14-13-11(16-12)9-6-7-9/h9-10H,2-8H2,1H3. The summed E-state index contributed by atoms with van der Waals surface area (Å²) in [5.41, 5.74) is 0. The van der Waals surface area contributed by atoms with Gasteiger partial charge in [-0.3, -0.25) is 0 Å². The molecule has 2 heterocycles. The van der Waals surface area contributed by atoms with Crippen molar-refractivity contribution < 1.29 is 4.42 Å². The quantitative estimate of drug-likeness (QED) is 0.787. The first-order valence-electron chi connectivity index (χ1n) is 6.48. The second-order valence-electron chi connectivity index (χ2n) is 4.95. The number of aromatic nitrogens is 2. The summed E-state index contributed by atoms with van der Waals surface area (Å²) in [6.07, 6.45) is 7.45. The largest absolute Gasteiger partial charge is 0.408 e. The van der Waals surface area contributed by atoms with Crippen molar-refractivity contribution in [3.63, 3.8) is 0 Å². The molecule has 1 unspecified atom stereocenters. The molecule has 4 nitrogen and oxygen atoms in total. The molecular formula is C12H19N3O. The van der Waals surface area contributed by atoms with Crippen LogP contribution in [-0.4, -0.2) is 22.8 Å². The molecule has 1 aromatic heterocycles. The van der Waals surface area contributed by atoms with Crippen LogP contribution in [0.1, 0.15) is 57.3 Å². The number of hydrogen-bond acceptors (Lipinski definition) is 4. The Labute approximate surface area is 96.0 Å². The maximum atomic E-state index is 5.78. The molecule has 1 aromatic rings. The number of hydrogen-bond donors (Lipinski definition) is 0. The minimum Gasteiger partial charge on any atom is -0.408 e. The van der Waals surface area contributed by atoms with Gasteiger partial charge in [0, 0.05) is 18.5 Å². The van der Waals surface area contributed by atoms with Crippen molar-refractivity contribution in [2.24, 2.45) is 0 Å². The SMILES string of the molecule is CCC1CCCCN1c1nnc(C2CC2)o1. The van der Waals surface area contributed by atoms with E-state index >= 15 is 0 Å². The zero-order valence-corrected chi connectivity index (χ0v) is 9.85. The Kier molecular flexibility index (Phi) is 2.58. The minimum absolute atomic E-state index is 0.561. The van der Waals surface area contributed by atoms with Gasteiger partial charge in [-0.1, -0.05) is 12.0 Å². The fraction of sp³-hybridized carbons (Fsp3) is 0.833. The molecule has 4 heteroatoms.